The lowest BCUT2D eigenvalue weighted by atomic mass is 10.3. The maximum absolute atomic E-state index is 11.7. The normalized spacial score (nSPS) is 12.5. The van der Waals surface area contributed by atoms with Crippen LogP contribution in [0.5, 0.6) is 5.75 Å². The van der Waals surface area contributed by atoms with Crippen molar-refractivity contribution >= 4 is 39.4 Å². The Labute approximate surface area is 123 Å². The van der Waals surface area contributed by atoms with Gasteiger partial charge in [-0.3, -0.25) is 9.59 Å². The standard InChI is InChI=1S/C12H14N2O4S2/c1-3-7(11(17)18-4-2)19-12-14-10-9(20-12)6(15)5-8(16)13-10/h5,7H,3-4H2,1-2H3,(H2,13,15,16). The number of hydrogen-bond donors (Lipinski definition) is 2. The number of aromatic hydroxyl groups is 1. The lowest BCUT2D eigenvalue weighted by Gasteiger charge is -2.10. The highest BCUT2D eigenvalue weighted by molar-refractivity contribution is 8.02. The SMILES string of the molecule is CCOC(=O)C(CC)Sc1nc2[nH]c(=O)cc(O)c2s1. The van der Waals surface area contributed by atoms with Crippen LogP contribution in [0.4, 0.5) is 0 Å². The van der Waals surface area contributed by atoms with Crippen molar-refractivity contribution in [1.82, 2.24) is 9.97 Å². The van der Waals surface area contributed by atoms with E-state index in [9.17, 15) is 14.7 Å². The van der Waals surface area contributed by atoms with Gasteiger partial charge in [0, 0.05) is 6.07 Å². The Bertz CT molecular complexity index is 680. The molecule has 6 nitrogen and oxygen atoms in total. The first-order valence-corrected chi connectivity index (χ1v) is 7.80. The maximum atomic E-state index is 11.7. The minimum Gasteiger partial charge on any atom is -0.506 e. The summed E-state index contributed by atoms with van der Waals surface area (Å²) in [6.07, 6.45) is 0.613. The lowest BCUT2D eigenvalue weighted by Crippen LogP contribution is -2.19. The second kappa shape index (κ2) is 6.27. The van der Waals surface area contributed by atoms with Crippen LogP contribution in [0.2, 0.25) is 0 Å². The van der Waals surface area contributed by atoms with Crippen molar-refractivity contribution in [2.45, 2.75) is 29.9 Å². The number of carbonyl (C=O) groups excluding carboxylic acids is 1. The molecule has 0 saturated carbocycles. The summed E-state index contributed by atoms with van der Waals surface area (Å²) in [5.41, 5.74) is -0.0736. The molecule has 2 rings (SSSR count). The Morgan fingerprint density at radius 2 is 2.35 bits per heavy atom. The van der Waals surface area contributed by atoms with Gasteiger partial charge in [-0.25, -0.2) is 4.98 Å². The molecule has 0 spiro atoms. The van der Waals surface area contributed by atoms with E-state index in [4.69, 9.17) is 4.74 Å². The molecule has 2 aromatic rings. The summed E-state index contributed by atoms with van der Waals surface area (Å²) in [6.45, 7) is 3.99. The van der Waals surface area contributed by atoms with Gasteiger partial charge >= 0.3 is 5.97 Å². The van der Waals surface area contributed by atoms with Gasteiger partial charge in [0.2, 0.25) is 0 Å². The zero-order valence-corrected chi connectivity index (χ0v) is 12.6. The average molecular weight is 314 g/mol. The molecule has 2 N–H and O–H groups in total. The van der Waals surface area contributed by atoms with Crippen molar-refractivity contribution in [2.75, 3.05) is 6.61 Å². The van der Waals surface area contributed by atoms with Gasteiger partial charge in [0.05, 0.1) is 6.61 Å². The Hall–Kier alpha value is -1.54. The number of nitrogens with zero attached hydrogens (tertiary/aromatic N) is 1. The van der Waals surface area contributed by atoms with Crippen LogP contribution in [0.1, 0.15) is 20.3 Å². The molecule has 0 aliphatic carbocycles. The number of ether oxygens (including phenoxy) is 1. The summed E-state index contributed by atoms with van der Waals surface area (Å²) in [5, 5.41) is 9.36. The number of fused-ring (bicyclic) bond motifs is 1. The quantitative estimate of drug-likeness (QED) is 0.649. The van der Waals surface area contributed by atoms with Gasteiger partial charge in [0.1, 0.15) is 15.7 Å². The van der Waals surface area contributed by atoms with E-state index in [0.717, 1.165) is 6.07 Å². The zero-order valence-electron chi connectivity index (χ0n) is 11.0. The summed E-state index contributed by atoms with van der Waals surface area (Å²) in [6, 6.07) is 1.11. The first-order valence-electron chi connectivity index (χ1n) is 6.11. The summed E-state index contributed by atoms with van der Waals surface area (Å²) in [4.78, 5) is 29.8. The monoisotopic (exact) mass is 314 g/mol. The molecular weight excluding hydrogens is 300 g/mol. The number of aromatic nitrogens is 2. The number of hydrogen-bond acceptors (Lipinski definition) is 7. The molecule has 2 aromatic heterocycles. The van der Waals surface area contributed by atoms with Crippen molar-refractivity contribution in [3.05, 3.63) is 16.4 Å². The molecule has 0 aliphatic heterocycles. The average Bonchev–Trinajstić information content (AvgIpc) is 2.79. The first-order chi connectivity index (χ1) is 9.55. The molecule has 8 heteroatoms. The fourth-order valence-electron chi connectivity index (χ4n) is 1.61. The van der Waals surface area contributed by atoms with Crippen molar-refractivity contribution in [3.63, 3.8) is 0 Å². The summed E-state index contributed by atoms with van der Waals surface area (Å²) >= 11 is 2.51. The van der Waals surface area contributed by atoms with Gasteiger partial charge in [-0.2, -0.15) is 0 Å². The van der Waals surface area contributed by atoms with Crippen LogP contribution in [0.3, 0.4) is 0 Å². The number of thiazole rings is 1. The minimum atomic E-state index is -0.408. The van der Waals surface area contributed by atoms with Crippen LogP contribution in [0, 0.1) is 0 Å². The topological polar surface area (TPSA) is 92.3 Å². The number of esters is 1. The first kappa shape index (κ1) is 14.9. The third-order valence-corrected chi connectivity index (χ3v) is 5.03. The van der Waals surface area contributed by atoms with E-state index in [1.807, 2.05) is 6.92 Å². The number of thioether (sulfide) groups is 1. The van der Waals surface area contributed by atoms with Gasteiger partial charge < -0.3 is 14.8 Å². The van der Waals surface area contributed by atoms with Crippen LogP contribution in [-0.2, 0) is 9.53 Å². The lowest BCUT2D eigenvalue weighted by molar-refractivity contribution is -0.142. The number of pyridine rings is 1. The highest BCUT2D eigenvalue weighted by Crippen LogP contribution is 2.35. The second-order valence-electron chi connectivity index (χ2n) is 3.94. The minimum absolute atomic E-state index is 0.0997. The smallest absolute Gasteiger partial charge is 0.319 e. The van der Waals surface area contributed by atoms with Crippen LogP contribution in [-0.4, -0.2) is 32.9 Å². The van der Waals surface area contributed by atoms with E-state index in [1.54, 1.807) is 6.92 Å². The van der Waals surface area contributed by atoms with Crippen LogP contribution in [0.15, 0.2) is 15.2 Å². The predicted octanol–water partition coefficient (Wildman–Crippen LogP) is 2.12. The van der Waals surface area contributed by atoms with Crippen molar-refractivity contribution in [3.8, 4) is 5.75 Å². The fourth-order valence-corrected chi connectivity index (χ4v) is 3.78. The van der Waals surface area contributed by atoms with Gasteiger partial charge in [0.15, 0.2) is 9.99 Å². The Balaban J connectivity index is 2.27. The predicted molar refractivity (Wildman–Crippen MR) is 78.5 cm³/mol. The Morgan fingerprint density at radius 3 is 3.00 bits per heavy atom. The number of nitrogens with one attached hydrogen (secondary N) is 1. The van der Waals surface area contributed by atoms with E-state index in [-0.39, 0.29) is 17.0 Å². The molecule has 0 amide bonds. The van der Waals surface area contributed by atoms with Crippen molar-refractivity contribution in [1.29, 1.82) is 0 Å². The molecule has 20 heavy (non-hydrogen) atoms. The Kier molecular flexibility index (Phi) is 4.66. The number of rotatable bonds is 5. The molecule has 0 fully saturated rings. The molecule has 0 saturated heterocycles. The summed E-state index contributed by atoms with van der Waals surface area (Å²) in [5.74, 6) is -0.380. The van der Waals surface area contributed by atoms with E-state index in [0.29, 0.717) is 27.7 Å². The van der Waals surface area contributed by atoms with Gasteiger partial charge in [-0.05, 0) is 13.3 Å². The molecule has 2 heterocycles. The van der Waals surface area contributed by atoms with Crippen molar-refractivity contribution < 1.29 is 14.6 Å². The molecule has 0 radical (unpaired) electrons. The van der Waals surface area contributed by atoms with Gasteiger partial charge in [-0.15, -0.1) is 11.3 Å². The maximum Gasteiger partial charge on any atom is 0.319 e. The van der Waals surface area contributed by atoms with E-state index in [2.05, 4.69) is 9.97 Å². The third-order valence-electron chi connectivity index (χ3n) is 2.51. The largest absolute Gasteiger partial charge is 0.506 e. The molecule has 0 aromatic carbocycles. The van der Waals surface area contributed by atoms with Gasteiger partial charge in [0.25, 0.3) is 5.56 Å². The molecule has 108 valence electrons. The van der Waals surface area contributed by atoms with Crippen LogP contribution >= 0.6 is 23.1 Å². The molecule has 1 atom stereocenters. The van der Waals surface area contributed by atoms with E-state index >= 15 is 0 Å². The van der Waals surface area contributed by atoms with Crippen LogP contribution < -0.4 is 5.56 Å². The van der Waals surface area contributed by atoms with Crippen molar-refractivity contribution in [2.24, 2.45) is 0 Å². The molecule has 1 unspecified atom stereocenters. The zero-order chi connectivity index (χ0) is 14.7. The van der Waals surface area contributed by atoms with E-state index < -0.39 is 5.56 Å². The number of H-pyrrole nitrogens is 1. The van der Waals surface area contributed by atoms with Crippen LogP contribution in [0.25, 0.3) is 10.3 Å². The third kappa shape index (κ3) is 3.13. The molecule has 0 bridgehead atoms. The Morgan fingerprint density at radius 1 is 1.60 bits per heavy atom. The second-order valence-corrected chi connectivity index (χ2v) is 6.39. The molecule has 0 aliphatic rings. The fraction of sp³-hybridized carbons (Fsp3) is 0.417. The highest BCUT2D eigenvalue weighted by Gasteiger charge is 2.21. The van der Waals surface area contributed by atoms with Gasteiger partial charge in [-0.1, -0.05) is 18.7 Å². The number of carbonyl (C=O) groups is 1. The summed E-state index contributed by atoms with van der Waals surface area (Å²) < 4.78 is 6.11. The summed E-state index contributed by atoms with van der Waals surface area (Å²) in [7, 11) is 0. The highest BCUT2D eigenvalue weighted by atomic mass is 32.2. The molecular formula is C12H14N2O4S2. The van der Waals surface area contributed by atoms with E-state index in [1.165, 1.54) is 23.1 Å². The number of aromatic amines is 1.